The number of nitrogens with one attached hydrogen (secondary N) is 2. The number of carbonyl (C=O) groups is 1. The quantitative estimate of drug-likeness (QED) is 0.494. The van der Waals surface area contributed by atoms with Gasteiger partial charge in [0, 0.05) is 27.1 Å². The predicted octanol–water partition coefficient (Wildman–Crippen LogP) is 2.98. The Bertz CT molecular complexity index is 886. The highest BCUT2D eigenvalue weighted by atomic mass is 32.2. The van der Waals surface area contributed by atoms with Crippen LogP contribution in [-0.2, 0) is 10.3 Å². The third-order valence-corrected chi connectivity index (χ3v) is 6.21. The zero-order chi connectivity index (χ0) is 18.5. The van der Waals surface area contributed by atoms with E-state index >= 15 is 0 Å². The number of nitrogens with zero attached hydrogens (tertiary/aromatic N) is 1. The van der Waals surface area contributed by atoms with E-state index in [1.54, 1.807) is 23.9 Å². The fraction of sp³-hybridized carbons (Fsp3) is 0.316. The summed E-state index contributed by atoms with van der Waals surface area (Å²) in [5.74, 6) is -0.756. The van der Waals surface area contributed by atoms with Crippen molar-refractivity contribution in [2.75, 3.05) is 11.6 Å². The lowest BCUT2D eigenvalue weighted by Gasteiger charge is -2.25. The summed E-state index contributed by atoms with van der Waals surface area (Å²) in [7, 11) is 0. The number of rotatable bonds is 3. The van der Waals surface area contributed by atoms with Gasteiger partial charge in [0.25, 0.3) is 11.9 Å². The number of para-hydroxylation sites is 1. The molecule has 7 heteroatoms. The average molecular weight is 369 g/mol. The Labute approximate surface area is 155 Å². The van der Waals surface area contributed by atoms with Gasteiger partial charge in [0.15, 0.2) is 5.54 Å². The SMILES string of the molecule is CSc1ccc([C@@H]2[C@H](C)N[C@@]3(C(=O)Nc4ccccc43)[C@@H]2[N+](=O)[O-])cc1. The first-order valence-corrected chi connectivity index (χ1v) is 9.67. The molecule has 2 aliphatic heterocycles. The van der Waals surface area contributed by atoms with Gasteiger partial charge in [0.05, 0.1) is 5.92 Å². The number of fused-ring (bicyclic) bond motifs is 2. The minimum Gasteiger partial charge on any atom is -0.324 e. The van der Waals surface area contributed by atoms with Crippen LogP contribution in [0.5, 0.6) is 0 Å². The van der Waals surface area contributed by atoms with Crippen LogP contribution in [0.4, 0.5) is 5.69 Å². The van der Waals surface area contributed by atoms with Crippen LogP contribution in [-0.4, -0.2) is 29.2 Å². The minimum atomic E-state index is -1.34. The molecule has 0 aromatic heterocycles. The Balaban J connectivity index is 1.86. The summed E-state index contributed by atoms with van der Waals surface area (Å²) < 4.78 is 0. The van der Waals surface area contributed by atoms with Gasteiger partial charge in [-0.25, -0.2) is 0 Å². The second kappa shape index (κ2) is 6.10. The lowest BCUT2D eigenvalue weighted by Crippen LogP contribution is -2.54. The molecule has 2 N–H and O–H groups in total. The highest BCUT2D eigenvalue weighted by molar-refractivity contribution is 7.98. The van der Waals surface area contributed by atoms with Crippen molar-refractivity contribution >= 4 is 23.4 Å². The van der Waals surface area contributed by atoms with E-state index in [9.17, 15) is 14.9 Å². The lowest BCUT2D eigenvalue weighted by atomic mass is 9.78. The Morgan fingerprint density at radius 2 is 1.85 bits per heavy atom. The van der Waals surface area contributed by atoms with E-state index in [-0.39, 0.29) is 16.9 Å². The Kier molecular flexibility index (Phi) is 4.00. The zero-order valence-electron chi connectivity index (χ0n) is 14.4. The van der Waals surface area contributed by atoms with Gasteiger partial charge >= 0.3 is 0 Å². The summed E-state index contributed by atoms with van der Waals surface area (Å²) in [6.45, 7) is 1.91. The molecule has 6 nitrogen and oxygen atoms in total. The molecule has 0 bridgehead atoms. The summed E-state index contributed by atoms with van der Waals surface area (Å²) >= 11 is 1.62. The number of hydrogen-bond donors (Lipinski definition) is 2. The molecule has 0 saturated carbocycles. The van der Waals surface area contributed by atoms with Gasteiger partial charge in [0.1, 0.15) is 0 Å². The molecule has 2 aromatic carbocycles. The van der Waals surface area contributed by atoms with E-state index in [4.69, 9.17) is 0 Å². The van der Waals surface area contributed by atoms with Crippen LogP contribution in [0.2, 0.25) is 0 Å². The van der Waals surface area contributed by atoms with E-state index < -0.39 is 17.5 Å². The third kappa shape index (κ3) is 2.27. The maximum Gasteiger partial charge on any atom is 0.256 e. The fourth-order valence-corrected chi connectivity index (χ4v) is 4.79. The van der Waals surface area contributed by atoms with E-state index in [0.29, 0.717) is 11.3 Å². The number of anilines is 1. The van der Waals surface area contributed by atoms with Crippen molar-refractivity contribution in [1.29, 1.82) is 0 Å². The van der Waals surface area contributed by atoms with Gasteiger partial charge in [-0.2, -0.15) is 0 Å². The monoisotopic (exact) mass is 369 g/mol. The van der Waals surface area contributed by atoms with Gasteiger partial charge in [0.2, 0.25) is 0 Å². The molecule has 0 unspecified atom stereocenters. The summed E-state index contributed by atoms with van der Waals surface area (Å²) in [6.07, 6.45) is 1.99. The lowest BCUT2D eigenvalue weighted by molar-refractivity contribution is -0.532. The van der Waals surface area contributed by atoms with Gasteiger partial charge < -0.3 is 5.32 Å². The highest BCUT2D eigenvalue weighted by Crippen LogP contribution is 2.49. The minimum absolute atomic E-state index is 0.220. The van der Waals surface area contributed by atoms with Gasteiger partial charge in [-0.05, 0) is 36.9 Å². The third-order valence-electron chi connectivity index (χ3n) is 5.46. The Morgan fingerprint density at radius 3 is 2.50 bits per heavy atom. The van der Waals surface area contributed by atoms with Crippen LogP contribution >= 0.6 is 11.8 Å². The van der Waals surface area contributed by atoms with Crippen molar-refractivity contribution in [3.8, 4) is 0 Å². The topological polar surface area (TPSA) is 84.3 Å². The van der Waals surface area contributed by atoms with Crippen molar-refractivity contribution < 1.29 is 9.72 Å². The number of hydrogen-bond acceptors (Lipinski definition) is 5. The molecule has 4 atom stereocenters. The van der Waals surface area contributed by atoms with Crippen molar-refractivity contribution in [2.24, 2.45) is 0 Å². The van der Waals surface area contributed by atoms with Crippen LogP contribution in [0.15, 0.2) is 53.4 Å². The molecule has 2 aromatic rings. The number of thioether (sulfide) groups is 1. The second-order valence-corrected chi connectivity index (χ2v) is 7.65. The average Bonchev–Trinajstić information content (AvgIpc) is 3.10. The molecule has 2 aliphatic rings. The van der Waals surface area contributed by atoms with Crippen molar-refractivity contribution in [3.63, 3.8) is 0 Å². The summed E-state index contributed by atoms with van der Waals surface area (Å²) in [5.41, 5.74) is 0.824. The maximum atomic E-state index is 12.9. The van der Waals surface area contributed by atoms with Crippen molar-refractivity contribution in [3.05, 3.63) is 69.8 Å². The molecule has 1 saturated heterocycles. The van der Waals surface area contributed by atoms with E-state index in [0.717, 1.165) is 10.5 Å². The van der Waals surface area contributed by atoms with E-state index in [2.05, 4.69) is 10.6 Å². The van der Waals surface area contributed by atoms with Crippen LogP contribution in [0, 0.1) is 10.1 Å². The Hall–Kier alpha value is -2.38. The summed E-state index contributed by atoms with van der Waals surface area (Å²) in [5, 5.41) is 18.3. The van der Waals surface area contributed by atoms with Crippen LogP contribution in [0.1, 0.15) is 24.0 Å². The highest BCUT2D eigenvalue weighted by Gasteiger charge is 2.67. The largest absolute Gasteiger partial charge is 0.324 e. The van der Waals surface area contributed by atoms with Gasteiger partial charge in [-0.15, -0.1) is 11.8 Å². The van der Waals surface area contributed by atoms with Crippen molar-refractivity contribution in [2.45, 2.75) is 35.4 Å². The molecule has 2 heterocycles. The van der Waals surface area contributed by atoms with Crippen molar-refractivity contribution in [1.82, 2.24) is 5.32 Å². The molecule has 1 spiro atoms. The molecule has 1 fully saturated rings. The molecular formula is C19H19N3O3S. The normalized spacial score (nSPS) is 29.6. The number of benzene rings is 2. The first-order chi connectivity index (χ1) is 12.5. The maximum absolute atomic E-state index is 12.9. The fourth-order valence-electron chi connectivity index (χ4n) is 4.38. The van der Waals surface area contributed by atoms with Crippen LogP contribution < -0.4 is 10.6 Å². The van der Waals surface area contributed by atoms with Crippen LogP contribution in [0.25, 0.3) is 0 Å². The first-order valence-electron chi connectivity index (χ1n) is 8.45. The number of amides is 1. The molecule has 0 aliphatic carbocycles. The molecule has 26 heavy (non-hydrogen) atoms. The number of carbonyl (C=O) groups excluding carboxylic acids is 1. The molecule has 1 amide bonds. The van der Waals surface area contributed by atoms with Crippen LogP contribution in [0.3, 0.4) is 0 Å². The summed E-state index contributed by atoms with van der Waals surface area (Å²) in [4.78, 5) is 25.9. The second-order valence-electron chi connectivity index (χ2n) is 6.77. The van der Waals surface area contributed by atoms with E-state index in [1.807, 2.05) is 49.6 Å². The molecule has 0 radical (unpaired) electrons. The smallest absolute Gasteiger partial charge is 0.256 e. The molecule has 4 rings (SSSR count). The summed E-state index contributed by atoms with van der Waals surface area (Å²) in [6, 6.07) is 13.7. The predicted molar refractivity (Wildman–Crippen MR) is 101 cm³/mol. The van der Waals surface area contributed by atoms with E-state index in [1.165, 1.54) is 0 Å². The standard InChI is InChI=1S/C19H19N3O3S/c1-11-16(12-7-9-13(26-2)10-8-12)17(22(24)25)19(21-11)14-5-3-4-6-15(14)20-18(19)23/h3-11,16-17,21H,1-2H3,(H,20,23)/t11-,16-,17+,19+/m0/s1. The zero-order valence-corrected chi connectivity index (χ0v) is 15.2. The van der Waals surface area contributed by atoms with Gasteiger partial charge in [-0.3, -0.25) is 20.2 Å². The molecular weight excluding hydrogens is 350 g/mol. The molecule has 134 valence electrons. The number of nitro groups is 1. The van der Waals surface area contributed by atoms with Gasteiger partial charge in [-0.1, -0.05) is 30.3 Å². The Morgan fingerprint density at radius 1 is 1.15 bits per heavy atom. The first kappa shape index (κ1) is 17.1.